The fourth-order valence-corrected chi connectivity index (χ4v) is 2.41. The number of carbonyl (C=O) groups excluding carboxylic acids is 1. The van der Waals surface area contributed by atoms with E-state index in [-0.39, 0.29) is 12.5 Å². The molecule has 20 heavy (non-hydrogen) atoms. The van der Waals surface area contributed by atoms with E-state index >= 15 is 0 Å². The highest BCUT2D eigenvalue weighted by Gasteiger charge is 2.11. The Morgan fingerprint density at radius 1 is 1.50 bits per heavy atom. The molecule has 0 aromatic heterocycles. The molecular formula is C15H20BrNO3. The van der Waals surface area contributed by atoms with Crippen LogP contribution in [0.25, 0.3) is 0 Å². The molecule has 0 aliphatic rings. The van der Waals surface area contributed by atoms with E-state index in [1.54, 1.807) is 20.1 Å². The first-order chi connectivity index (χ1) is 9.60. The number of carbonyl (C=O) groups is 1. The lowest BCUT2D eigenvalue weighted by atomic mass is 10.2. The van der Waals surface area contributed by atoms with Crippen molar-refractivity contribution in [2.75, 3.05) is 26.8 Å². The van der Waals surface area contributed by atoms with Gasteiger partial charge in [0, 0.05) is 13.1 Å². The van der Waals surface area contributed by atoms with E-state index in [1.807, 2.05) is 23.1 Å². The molecule has 0 saturated heterocycles. The minimum absolute atomic E-state index is 0.220. The second kappa shape index (κ2) is 8.76. The molecule has 1 aromatic carbocycles. The van der Waals surface area contributed by atoms with Crippen LogP contribution in [0.2, 0.25) is 0 Å². The summed E-state index contributed by atoms with van der Waals surface area (Å²) in [7, 11) is 1.63. The predicted molar refractivity (Wildman–Crippen MR) is 82.8 cm³/mol. The van der Waals surface area contributed by atoms with E-state index in [2.05, 4.69) is 22.5 Å². The van der Waals surface area contributed by atoms with Crippen molar-refractivity contribution in [3.8, 4) is 5.75 Å². The van der Waals surface area contributed by atoms with Crippen LogP contribution in [0.3, 0.4) is 0 Å². The third kappa shape index (κ3) is 5.35. The Bertz CT molecular complexity index is 462. The first kappa shape index (κ1) is 16.7. The number of nitrogens with zero attached hydrogens (tertiary/aromatic N) is 1. The number of benzene rings is 1. The molecule has 0 spiro atoms. The van der Waals surface area contributed by atoms with E-state index in [0.29, 0.717) is 19.7 Å². The van der Waals surface area contributed by atoms with Gasteiger partial charge in [-0.25, -0.2) is 0 Å². The van der Waals surface area contributed by atoms with Crippen molar-refractivity contribution in [3.05, 3.63) is 40.9 Å². The molecule has 0 fully saturated rings. The molecule has 4 nitrogen and oxygen atoms in total. The Labute approximate surface area is 128 Å². The van der Waals surface area contributed by atoms with Crippen LogP contribution in [0.5, 0.6) is 5.75 Å². The maximum absolute atomic E-state index is 11.6. The van der Waals surface area contributed by atoms with Crippen LogP contribution >= 0.6 is 15.9 Å². The number of hydrogen-bond acceptors (Lipinski definition) is 4. The number of ether oxygens (including phenoxy) is 2. The van der Waals surface area contributed by atoms with Gasteiger partial charge in [0.1, 0.15) is 5.75 Å². The summed E-state index contributed by atoms with van der Waals surface area (Å²) in [6.45, 7) is 7.44. The molecule has 0 atom stereocenters. The third-order valence-corrected chi connectivity index (χ3v) is 3.29. The fourth-order valence-electron chi connectivity index (χ4n) is 1.82. The highest BCUT2D eigenvalue weighted by atomic mass is 79.9. The van der Waals surface area contributed by atoms with Gasteiger partial charge in [0.15, 0.2) is 0 Å². The normalized spacial score (nSPS) is 10.4. The van der Waals surface area contributed by atoms with Crippen molar-refractivity contribution >= 4 is 21.9 Å². The van der Waals surface area contributed by atoms with E-state index in [1.165, 1.54) is 0 Å². The van der Waals surface area contributed by atoms with Crippen molar-refractivity contribution in [2.45, 2.75) is 13.5 Å². The van der Waals surface area contributed by atoms with Gasteiger partial charge in [-0.3, -0.25) is 9.69 Å². The topological polar surface area (TPSA) is 38.8 Å². The average Bonchev–Trinajstić information content (AvgIpc) is 2.39. The third-order valence-electron chi connectivity index (χ3n) is 2.67. The van der Waals surface area contributed by atoms with Crippen molar-refractivity contribution in [1.29, 1.82) is 0 Å². The fraction of sp³-hybridized carbons (Fsp3) is 0.400. The van der Waals surface area contributed by atoms with Gasteiger partial charge >= 0.3 is 5.97 Å². The molecule has 110 valence electrons. The zero-order chi connectivity index (χ0) is 15.0. The molecule has 0 unspecified atom stereocenters. The van der Waals surface area contributed by atoms with Crippen LogP contribution in [0, 0.1) is 0 Å². The van der Waals surface area contributed by atoms with E-state index in [9.17, 15) is 4.79 Å². The molecule has 1 rings (SSSR count). The van der Waals surface area contributed by atoms with E-state index in [4.69, 9.17) is 9.47 Å². The number of hydrogen-bond donors (Lipinski definition) is 0. The molecule has 0 N–H and O–H groups in total. The summed E-state index contributed by atoms with van der Waals surface area (Å²) in [6, 6.07) is 5.86. The van der Waals surface area contributed by atoms with Crippen LogP contribution < -0.4 is 4.74 Å². The lowest BCUT2D eigenvalue weighted by Gasteiger charge is -2.20. The number of methoxy groups -OCH3 is 1. The van der Waals surface area contributed by atoms with Gasteiger partial charge in [0.25, 0.3) is 0 Å². The van der Waals surface area contributed by atoms with Gasteiger partial charge in [-0.15, -0.1) is 6.58 Å². The van der Waals surface area contributed by atoms with E-state index < -0.39 is 0 Å². The maximum atomic E-state index is 11.6. The quantitative estimate of drug-likeness (QED) is 0.538. The molecule has 1 aromatic rings. The number of esters is 1. The lowest BCUT2D eigenvalue weighted by Crippen LogP contribution is -2.30. The Morgan fingerprint density at radius 2 is 2.25 bits per heavy atom. The summed E-state index contributed by atoms with van der Waals surface area (Å²) in [5, 5.41) is 0. The monoisotopic (exact) mass is 341 g/mol. The first-order valence-corrected chi connectivity index (χ1v) is 7.21. The molecular weight excluding hydrogens is 322 g/mol. The molecule has 0 amide bonds. The summed E-state index contributed by atoms with van der Waals surface area (Å²) in [6.07, 6.45) is 1.78. The van der Waals surface area contributed by atoms with Crippen LogP contribution in [-0.2, 0) is 16.1 Å². The van der Waals surface area contributed by atoms with Gasteiger partial charge in [-0.1, -0.05) is 12.1 Å². The van der Waals surface area contributed by atoms with Gasteiger partial charge in [-0.2, -0.15) is 0 Å². The molecule has 0 radical (unpaired) electrons. The largest absolute Gasteiger partial charge is 0.496 e. The van der Waals surface area contributed by atoms with Crippen LogP contribution in [-0.4, -0.2) is 37.7 Å². The highest BCUT2D eigenvalue weighted by molar-refractivity contribution is 9.10. The molecule has 0 aliphatic heterocycles. The van der Waals surface area contributed by atoms with Crippen molar-refractivity contribution < 1.29 is 14.3 Å². The Balaban J connectivity index is 2.71. The second-order valence-corrected chi connectivity index (χ2v) is 5.09. The zero-order valence-electron chi connectivity index (χ0n) is 11.9. The zero-order valence-corrected chi connectivity index (χ0v) is 13.5. The van der Waals surface area contributed by atoms with Gasteiger partial charge < -0.3 is 9.47 Å². The summed E-state index contributed by atoms with van der Waals surface area (Å²) in [5.41, 5.74) is 1.09. The summed E-state index contributed by atoms with van der Waals surface area (Å²) >= 11 is 3.46. The van der Waals surface area contributed by atoms with Gasteiger partial charge in [0.05, 0.1) is 24.7 Å². The number of halogens is 1. The molecule has 5 heteroatoms. The Morgan fingerprint density at radius 3 is 2.80 bits per heavy atom. The summed E-state index contributed by atoms with van der Waals surface area (Å²) < 4.78 is 11.1. The summed E-state index contributed by atoms with van der Waals surface area (Å²) in [5.74, 6) is 0.566. The smallest absolute Gasteiger partial charge is 0.320 e. The van der Waals surface area contributed by atoms with Crippen molar-refractivity contribution in [1.82, 2.24) is 4.90 Å². The molecule has 0 heterocycles. The lowest BCUT2D eigenvalue weighted by molar-refractivity contribution is -0.144. The van der Waals surface area contributed by atoms with Gasteiger partial charge in [-0.05, 0) is 40.5 Å². The molecule has 0 saturated carbocycles. The van der Waals surface area contributed by atoms with Crippen molar-refractivity contribution in [3.63, 3.8) is 0 Å². The average molecular weight is 342 g/mol. The maximum Gasteiger partial charge on any atom is 0.320 e. The Hall–Kier alpha value is -1.33. The van der Waals surface area contributed by atoms with Crippen molar-refractivity contribution in [2.24, 2.45) is 0 Å². The predicted octanol–water partition coefficient (Wildman–Crippen LogP) is 3.01. The second-order valence-electron chi connectivity index (χ2n) is 4.23. The van der Waals surface area contributed by atoms with Crippen LogP contribution in [0.4, 0.5) is 0 Å². The van der Waals surface area contributed by atoms with Crippen LogP contribution in [0.1, 0.15) is 12.5 Å². The molecule has 0 bridgehead atoms. The standard InChI is InChI=1S/C15H20BrNO3/c1-4-8-17(11-15(18)20-5-2)10-12-6-7-14(19-3)13(16)9-12/h4,6-7,9H,1,5,8,10-11H2,2-3H3. The SMILES string of the molecule is C=CCN(CC(=O)OCC)Cc1ccc(OC)c(Br)c1. The minimum atomic E-state index is -0.220. The molecule has 0 aliphatic carbocycles. The first-order valence-electron chi connectivity index (χ1n) is 6.42. The summed E-state index contributed by atoms with van der Waals surface area (Å²) in [4.78, 5) is 13.5. The van der Waals surface area contributed by atoms with E-state index in [0.717, 1.165) is 15.8 Å². The number of rotatable bonds is 8. The minimum Gasteiger partial charge on any atom is -0.496 e. The Kier molecular flexibility index (Phi) is 7.33. The van der Waals surface area contributed by atoms with Crippen LogP contribution in [0.15, 0.2) is 35.3 Å². The van der Waals surface area contributed by atoms with Gasteiger partial charge in [0.2, 0.25) is 0 Å². The highest BCUT2D eigenvalue weighted by Crippen LogP contribution is 2.26.